The Bertz CT molecular complexity index is 366. The summed E-state index contributed by atoms with van der Waals surface area (Å²) in [6.45, 7) is 3.16. The van der Waals surface area contributed by atoms with E-state index in [0.717, 1.165) is 0 Å². The van der Waals surface area contributed by atoms with Crippen molar-refractivity contribution >= 4 is 5.91 Å². The van der Waals surface area contributed by atoms with Gasteiger partial charge in [0.2, 0.25) is 0 Å². The summed E-state index contributed by atoms with van der Waals surface area (Å²) >= 11 is 0. The lowest BCUT2D eigenvalue weighted by molar-refractivity contribution is 0.0922. The van der Waals surface area contributed by atoms with Crippen molar-refractivity contribution in [2.45, 2.75) is 19.9 Å². The molecule has 0 aliphatic carbocycles. The van der Waals surface area contributed by atoms with E-state index >= 15 is 0 Å². The maximum Gasteiger partial charge on any atom is 0.251 e. The van der Waals surface area contributed by atoms with Crippen LogP contribution in [0.4, 0.5) is 4.39 Å². The van der Waals surface area contributed by atoms with Gasteiger partial charge in [0.15, 0.2) is 0 Å². The lowest BCUT2D eigenvalue weighted by Crippen LogP contribution is -2.35. The summed E-state index contributed by atoms with van der Waals surface area (Å²) in [7, 11) is 0. The Balaban J connectivity index is 2.78. The summed E-state index contributed by atoms with van der Waals surface area (Å²) in [5.41, 5.74) is 0.764. The molecule has 1 aromatic carbocycles. The normalized spacial score (nSPS) is 12.3. The highest BCUT2D eigenvalue weighted by Crippen LogP contribution is 2.09. The minimum Gasteiger partial charge on any atom is -0.394 e. The van der Waals surface area contributed by atoms with E-state index in [1.807, 2.05) is 0 Å². The summed E-state index contributed by atoms with van der Waals surface area (Å²) in [6.07, 6.45) is 0. The van der Waals surface area contributed by atoms with E-state index in [-0.39, 0.29) is 24.1 Å². The molecule has 15 heavy (non-hydrogen) atoms. The van der Waals surface area contributed by atoms with Crippen LogP contribution in [0.15, 0.2) is 18.2 Å². The fourth-order valence-corrected chi connectivity index (χ4v) is 1.09. The molecule has 82 valence electrons. The molecule has 1 rings (SSSR count). The van der Waals surface area contributed by atoms with E-state index in [0.29, 0.717) is 5.56 Å². The number of carbonyl (C=O) groups is 1. The second kappa shape index (κ2) is 4.89. The number of nitrogens with one attached hydrogen (secondary N) is 1. The number of aliphatic hydroxyl groups excluding tert-OH is 1. The largest absolute Gasteiger partial charge is 0.394 e. The van der Waals surface area contributed by atoms with Crippen molar-refractivity contribution in [2.24, 2.45) is 0 Å². The standard InChI is InChI=1S/C11H14FNO2/c1-7-3-4-9(5-10(7)12)11(15)13-8(2)6-14/h3-5,8,14H,6H2,1-2H3,(H,13,15)/t8-/m1/s1. The van der Waals surface area contributed by atoms with Crippen molar-refractivity contribution < 1.29 is 14.3 Å². The molecule has 3 nitrogen and oxygen atoms in total. The summed E-state index contributed by atoms with van der Waals surface area (Å²) in [5, 5.41) is 11.3. The number of halogens is 1. The number of amides is 1. The lowest BCUT2D eigenvalue weighted by atomic mass is 10.1. The van der Waals surface area contributed by atoms with Gasteiger partial charge in [-0.25, -0.2) is 4.39 Å². The highest BCUT2D eigenvalue weighted by Gasteiger charge is 2.10. The number of rotatable bonds is 3. The van der Waals surface area contributed by atoms with Crippen LogP contribution in [0.2, 0.25) is 0 Å². The number of benzene rings is 1. The second-order valence-corrected chi connectivity index (χ2v) is 3.52. The molecule has 2 N–H and O–H groups in total. The fourth-order valence-electron chi connectivity index (χ4n) is 1.09. The van der Waals surface area contributed by atoms with Gasteiger partial charge in [-0.05, 0) is 31.5 Å². The zero-order valence-electron chi connectivity index (χ0n) is 8.75. The van der Waals surface area contributed by atoms with Gasteiger partial charge in [-0.1, -0.05) is 6.07 Å². The quantitative estimate of drug-likeness (QED) is 0.790. The number of carbonyl (C=O) groups excluding carboxylic acids is 1. The van der Waals surface area contributed by atoms with Crippen molar-refractivity contribution in [3.63, 3.8) is 0 Å². The minimum absolute atomic E-state index is 0.139. The third kappa shape index (κ3) is 3.02. The van der Waals surface area contributed by atoms with Crippen LogP contribution < -0.4 is 5.32 Å². The third-order valence-electron chi connectivity index (χ3n) is 2.09. The molecule has 0 heterocycles. The van der Waals surface area contributed by atoms with Crippen LogP contribution in [0.1, 0.15) is 22.8 Å². The summed E-state index contributed by atoms with van der Waals surface area (Å²) in [6, 6.07) is 3.96. The van der Waals surface area contributed by atoms with Crippen LogP contribution >= 0.6 is 0 Å². The zero-order valence-corrected chi connectivity index (χ0v) is 8.75. The van der Waals surface area contributed by atoms with Gasteiger partial charge in [0.1, 0.15) is 5.82 Å². The van der Waals surface area contributed by atoms with Gasteiger partial charge in [-0.2, -0.15) is 0 Å². The van der Waals surface area contributed by atoms with E-state index in [1.165, 1.54) is 6.07 Å². The maximum atomic E-state index is 13.1. The first kappa shape index (κ1) is 11.7. The molecule has 1 amide bonds. The molecule has 0 saturated carbocycles. The van der Waals surface area contributed by atoms with Crippen molar-refractivity contribution in [3.05, 3.63) is 35.1 Å². The van der Waals surface area contributed by atoms with Crippen LogP contribution in [-0.4, -0.2) is 23.7 Å². The Morgan fingerprint density at radius 3 is 2.80 bits per heavy atom. The molecule has 0 bridgehead atoms. The van der Waals surface area contributed by atoms with Crippen molar-refractivity contribution in [1.82, 2.24) is 5.32 Å². The average molecular weight is 211 g/mol. The first-order valence-electron chi connectivity index (χ1n) is 4.72. The Morgan fingerprint density at radius 1 is 1.60 bits per heavy atom. The zero-order chi connectivity index (χ0) is 11.4. The van der Waals surface area contributed by atoms with Gasteiger partial charge < -0.3 is 10.4 Å². The fraction of sp³-hybridized carbons (Fsp3) is 0.364. The van der Waals surface area contributed by atoms with Gasteiger partial charge in [-0.15, -0.1) is 0 Å². The van der Waals surface area contributed by atoms with Crippen molar-refractivity contribution in [2.75, 3.05) is 6.61 Å². The molecule has 0 unspecified atom stereocenters. The Hall–Kier alpha value is -1.42. The van der Waals surface area contributed by atoms with E-state index in [4.69, 9.17) is 5.11 Å². The molecule has 4 heteroatoms. The Kier molecular flexibility index (Phi) is 3.80. The summed E-state index contributed by atoms with van der Waals surface area (Å²) in [4.78, 5) is 11.5. The third-order valence-corrected chi connectivity index (χ3v) is 2.09. The predicted molar refractivity (Wildman–Crippen MR) is 55.2 cm³/mol. The molecule has 0 spiro atoms. The molecule has 0 aliphatic heterocycles. The molecule has 0 aliphatic rings. The summed E-state index contributed by atoms with van der Waals surface area (Å²) in [5.74, 6) is -0.783. The van der Waals surface area contributed by atoms with E-state index in [9.17, 15) is 9.18 Å². The Morgan fingerprint density at radius 2 is 2.27 bits per heavy atom. The van der Waals surface area contributed by atoms with Crippen molar-refractivity contribution in [1.29, 1.82) is 0 Å². The summed E-state index contributed by atoms with van der Waals surface area (Å²) < 4.78 is 13.1. The van der Waals surface area contributed by atoms with E-state index in [1.54, 1.807) is 26.0 Å². The minimum atomic E-state index is -0.403. The van der Waals surface area contributed by atoms with E-state index in [2.05, 4.69) is 5.32 Å². The molecule has 0 saturated heterocycles. The number of hydrogen-bond donors (Lipinski definition) is 2. The van der Waals surface area contributed by atoms with Crippen LogP contribution in [0.5, 0.6) is 0 Å². The van der Waals surface area contributed by atoms with Gasteiger partial charge in [0.25, 0.3) is 5.91 Å². The second-order valence-electron chi connectivity index (χ2n) is 3.52. The SMILES string of the molecule is Cc1ccc(C(=O)N[C@H](C)CO)cc1F. The average Bonchev–Trinajstić information content (AvgIpc) is 2.21. The van der Waals surface area contributed by atoms with Crippen LogP contribution in [0, 0.1) is 12.7 Å². The smallest absolute Gasteiger partial charge is 0.251 e. The molecular weight excluding hydrogens is 197 g/mol. The molecule has 1 aromatic rings. The highest BCUT2D eigenvalue weighted by molar-refractivity contribution is 5.94. The molecular formula is C11H14FNO2. The van der Waals surface area contributed by atoms with Gasteiger partial charge in [0, 0.05) is 11.6 Å². The first-order valence-corrected chi connectivity index (χ1v) is 4.72. The molecule has 0 radical (unpaired) electrons. The van der Waals surface area contributed by atoms with Crippen LogP contribution in [0.3, 0.4) is 0 Å². The molecule has 0 fully saturated rings. The highest BCUT2D eigenvalue weighted by atomic mass is 19.1. The number of hydrogen-bond acceptors (Lipinski definition) is 2. The van der Waals surface area contributed by atoms with Gasteiger partial charge in [0.05, 0.1) is 6.61 Å². The van der Waals surface area contributed by atoms with Crippen LogP contribution in [-0.2, 0) is 0 Å². The molecule has 1 atom stereocenters. The van der Waals surface area contributed by atoms with Gasteiger partial charge in [-0.3, -0.25) is 4.79 Å². The van der Waals surface area contributed by atoms with Crippen molar-refractivity contribution in [3.8, 4) is 0 Å². The Labute approximate surface area is 87.9 Å². The first-order chi connectivity index (χ1) is 7.04. The number of aryl methyl sites for hydroxylation is 1. The van der Waals surface area contributed by atoms with E-state index < -0.39 is 5.82 Å². The lowest BCUT2D eigenvalue weighted by Gasteiger charge is -2.10. The predicted octanol–water partition coefficient (Wildman–Crippen LogP) is 1.24. The molecule has 0 aromatic heterocycles. The van der Waals surface area contributed by atoms with Gasteiger partial charge >= 0.3 is 0 Å². The maximum absolute atomic E-state index is 13.1. The number of aliphatic hydroxyl groups is 1. The van der Waals surface area contributed by atoms with Crippen LogP contribution in [0.25, 0.3) is 0 Å². The monoisotopic (exact) mass is 211 g/mol. The topological polar surface area (TPSA) is 49.3 Å².